The highest BCUT2D eigenvalue weighted by Crippen LogP contribution is 2.32. The van der Waals surface area contributed by atoms with Gasteiger partial charge in [-0.2, -0.15) is 0 Å². The van der Waals surface area contributed by atoms with E-state index in [0.29, 0.717) is 12.1 Å². The van der Waals surface area contributed by atoms with Gasteiger partial charge in [-0.1, -0.05) is 6.92 Å². The molecule has 1 aromatic carbocycles. The molecule has 1 N–H and O–H groups in total. The van der Waals surface area contributed by atoms with Gasteiger partial charge in [0.05, 0.1) is 10.2 Å². The zero-order valence-corrected chi connectivity index (χ0v) is 13.6. The van der Waals surface area contributed by atoms with Crippen LogP contribution in [0.2, 0.25) is 0 Å². The van der Waals surface area contributed by atoms with E-state index in [-0.39, 0.29) is 28.3 Å². The number of rotatable bonds is 7. The van der Waals surface area contributed by atoms with Gasteiger partial charge in [0.1, 0.15) is 5.75 Å². The van der Waals surface area contributed by atoms with Gasteiger partial charge in [0, 0.05) is 18.0 Å². The first-order chi connectivity index (χ1) is 9.63. The van der Waals surface area contributed by atoms with E-state index in [2.05, 4.69) is 26.0 Å². The highest BCUT2D eigenvalue weighted by Gasteiger charge is 2.31. The molecule has 0 aliphatic carbocycles. The van der Waals surface area contributed by atoms with Crippen molar-refractivity contribution in [3.8, 4) is 5.75 Å². The fraction of sp³-hybridized carbons (Fsp3) is 0.500. The van der Waals surface area contributed by atoms with Gasteiger partial charge in [0.2, 0.25) is 0 Å². The molecular formula is C12H15BrF3NO3S. The van der Waals surface area contributed by atoms with E-state index >= 15 is 0 Å². The van der Waals surface area contributed by atoms with Crippen LogP contribution in [0.3, 0.4) is 0 Å². The lowest BCUT2D eigenvalue weighted by Gasteiger charge is -2.12. The third-order valence-electron chi connectivity index (χ3n) is 2.41. The second kappa shape index (κ2) is 7.35. The van der Waals surface area contributed by atoms with Crippen molar-refractivity contribution in [2.75, 3.05) is 23.4 Å². The average Bonchev–Trinajstić information content (AvgIpc) is 2.30. The summed E-state index contributed by atoms with van der Waals surface area (Å²) >= 11 is 2.97. The van der Waals surface area contributed by atoms with Gasteiger partial charge in [-0.3, -0.25) is 0 Å². The first kappa shape index (κ1) is 18.1. The van der Waals surface area contributed by atoms with Gasteiger partial charge >= 0.3 is 6.36 Å². The van der Waals surface area contributed by atoms with Crippen LogP contribution in [0.15, 0.2) is 22.7 Å². The highest BCUT2D eigenvalue weighted by molar-refractivity contribution is 9.10. The lowest BCUT2D eigenvalue weighted by Crippen LogP contribution is -2.18. The van der Waals surface area contributed by atoms with Crippen LogP contribution in [0.4, 0.5) is 18.9 Å². The van der Waals surface area contributed by atoms with Crippen molar-refractivity contribution in [3.05, 3.63) is 22.7 Å². The van der Waals surface area contributed by atoms with Gasteiger partial charge in [0.15, 0.2) is 9.84 Å². The second-order valence-corrected chi connectivity index (χ2v) is 7.43. The van der Waals surface area contributed by atoms with Gasteiger partial charge < -0.3 is 10.1 Å². The molecular weight excluding hydrogens is 375 g/mol. The molecule has 0 atom stereocenters. The molecule has 1 rings (SSSR count). The second-order valence-electron chi connectivity index (χ2n) is 4.27. The molecule has 0 bridgehead atoms. The van der Waals surface area contributed by atoms with E-state index in [1.807, 2.05) is 0 Å². The number of hydrogen-bond donors (Lipinski definition) is 1. The molecule has 0 saturated carbocycles. The van der Waals surface area contributed by atoms with E-state index in [9.17, 15) is 21.6 Å². The summed E-state index contributed by atoms with van der Waals surface area (Å²) < 4.78 is 63.3. The maximum absolute atomic E-state index is 12.1. The summed E-state index contributed by atoms with van der Waals surface area (Å²) in [6.07, 6.45) is -4.21. The van der Waals surface area contributed by atoms with Gasteiger partial charge in [0.25, 0.3) is 0 Å². The van der Waals surface area contributed by atoms with Crippen molar-refractivity contribution in [2.24, 2.45) is 0 Å². The molecule has 0 amide bonds. The van der Waals surface area contributed by atoms with Crippen LogP contribution in [-0.2, 0) is 9.84 Å². The Labute approximate surface area is 129 Å². The Balaban J connectivity index is 2.60. The first-order valence-electron chi connectivity index (χ1n) is 6.12. The summed E-state index contributed by atoms with van der Waals surface area (Å²) in [7, 11) is -3.09. The molecule has 0 unspecified atom stereocenters. The SMILES string of the molecule is CCCS(=O)(=O)CCNc1ccc(OC(F)(F)F)c(Br)c1. The molecule has 0 aliphatic rings. The number of hydrogen-bond acceptors (Lipinski definition) is 4. The van der Waals surface area contributed by atoms with Crippen molar-refractivity contribution in [2.45, 2.75) is 19.7 Å². The minimum Gasteiger partial charge on any atom is -0.405 e. The molecule has 120 valence electrons. The molecule has 0 spiro atoms. The normalized spacial score (nSPS) is 12.2. The van der Waals surface area contributed by atoms with Crippen LogP contribution in [0.25, 0.3) is 0 Å². The quantitative estimate of drug-likeness (QED) is 0.774. The van der Waals surface area contributed by atoms with E-state index in [4.69, 9.17) is 0 Å². The Morgan fingerprint density at radius 2 is 1.95 bits per heavy atom. The molecule has 0 radical (unpaired) electrons. The highest BCUT2D eigenvalue weighted by atomic mass is 79.9. The molecule has 9 heteroatoms. The molecule has 0 saturated heterocycles. The Bertz CT molecular complexity index is 576. The van der Waals surface area contributed by atoms with Crippen LogP contribution in [0, 0.1) is 0 Å². The van der Waals surface area contributed by atoms with Crippen LogP contribution in [0.5, 0.6) is 5.75 Å². The monoisotopic (exact) mass is 389 g/mol. The van der Waals surface area contributed by atoms with Gasteiger partial charge in [-0.15, -0.1) is 13.2 Å². The summed E-state index contributed by atoms with van der Waals surface area (Å²) in [6.45, 7) is 1.97. The van der Waals surface area contributed by atoms with Crippen LogP contribution in [0.1, 0.15) is 13.3 Å². The van der Waals surface area contributed by atoms with Gasteiger partial charge in [-0.25, -0.2) is 8.42 Å². The predicted molar refractivity (Wildman–Crippen MR) is 78.3 cm³/mol. The Morgan fingerprint density at radius 1 is 1.29 bits per heavy atom. The predicted octanol–water partition coefficient (Wildman–Crippen LogP) is 3.58. The topological polar surface area (TPSA) is 55.4 Å². The number of sulfone groups is 1. The Kier molecular flexibility index (Phi) is 6.33. The standard InChI is InChI=1S/C12H15BrF3NO3S/c1-2-6-21(18,19)7-5-17-9-3-4-11(10(13)8-9)20-12(14,15)16/h3-4,8,17H,2,5-7H2,1H3. The van der Waals surface area contributed by atoms with Crippen LogP contribution in [-0.4, -0.2) is 32.8 Å². The van der Waals surface area contributed by atoms with Crippen molar-refractivity contribution >= 4 is 31.5 Å². The lowest BCUT2D eigenvalue weighted by atomic mass is 10.3. The Morgan fingerprint density at radius 3 is 2.48 bits per heavy atom. The van der Waals surface area contributed by atoms with Gasteiger partial charge in [-0.05, 0) is 40.5 Å². The van der Waals surface area contributed by atoms with E-state index in [1.165, 1.54) is 12.1 Å². The van der Waals surface area contributed by atoms with E-state index in [1.54, 1.807) is 6.92 Å². The fourth-order valence-electron chi connectivity index (χ4n) is 1.58. The van der Waals surface area contributed by atoms with Crippen molar-refractivity contribution in [3.63, 3.8) is 0 Å². The molecule has 0 aliphatic heterocycles. The number of nitrogens with one attached hydrogen (secondary N) is 1. The number of alkyl halides is 3. The van der Waals surface area contributed by atoms with Crippen LogP contribution >= 0.6 is 15.9 Å². The Hall–Kier alpha value is -0.960. The molecule has 1 aromatic rings. The number of ether oxygens (including phenoxy) is 1. The summed E-state index contributed by atoms with van der Waals surface area (Å²) in [5.41, 5.74) is 0.503. The summed E-state index contributed by atoms with van der Waals surface area (Å²) in [6, 6.07) is 3.94. The van der Waals surface area contributed by atoms with Crippen molar-refractivity contribution < 1.29 is 26.3 Å². The molecule has 0 fully saturated rings. The van der Waals surface area contributed by atoms with E-state index in [0.717, 1.165) is 6.07 Å². The zero-order valence-electron chi connectivity index (χ0n) is 11.2. The number of halogens is 4. The minimum absolute atomic E-state index is 0.0285. The van der Waals surface area contributed by atoms with Crippen molar-refractivity contribution in [1.82, 2.24) is 0 Å². The largest absolute Gasteiger partial charge is 0.573 e. The minimum atomic E-state index is -4.76. The number of anilines is 1. The third-order valence-corrected chi connectivity index (χ3v) is 4.89. The average molecular weight is 390 g/mol. The summed E-state index contributed by atoms with van der Waals surface area (Å²) in [5.74, 6) is -0.262. The molecule has 0 aromatic heterocycles. The molecule has 0 heterocycles. The molecule has 21 heavy (non-hydrogen) atoms. The molecule has 4 nitrogen and oxygen atoms in total. The number of benzene rings is 1. The maximum Gasteiger partial charge on any atom is 0.573 e. The first-order valence-corrected chi connectivity index (χ1v) is 8.74. The maximum atomic E-state index is 12.1. The fourth-order valence-corrected chi connectivity index (χ4v) is 3.28. The zero-order chi connectivity index (χ0) is 16.1. The van der Waals surface area contributed by atoms with E-state index < -0.39 is 16.2 Å². The third kappa shape index (κ3) is 7.03. The summed E-state index contributed by atoms with van der Waals surface area (Å²) in [4.78, 5) is 0. The van der Waals surface area contributed by atoms with Crippen molar-refractivity contribution in [1.29, 1.82) is 0 Å². The van der Waals surface area contributed by atoms with Crippen LogP contribution < -0.4 is 10.1 Å². The lowest BCUT2D eigenvalue weighted by molar-refractivity contribution is -0.274. The smallest absolute Gasteiger partial charge is 0.405 e. The summed E-state index contributed by atoms with van der Waals surface area (Å²) in [5, 5.41) is 2.84.